The molecule has 0 amide bonds. The molecule has 9 heteroatoms. The molecule has 7 nitrogen and oxygen atoms in total. The Balaban J connectivity index is 1.79. The number of benzene rings is 1. The molecule has 0 fully saturated rings. The Kier molecular flexibility index (Phi) is 4.77. The molecule has 1 aromatic carbocycles. The average Bonchev–Trinajstić information content (AvgIpc) is 3.19. The lowest BCUT2D eigenvalue weighted by Gasteiger charge is -2.05. The highest BCUT2D eigenvalue weighted by Crippen LogP contribution is 2.17. The van der Waals surface area contributed by atoms with E-state index in [1.54, 1.807) is 24.3 Å². The third-order valence-electron chi connectivity index (χ3n) is 3.51. The van der Waals surface area contributed by atoms with E-state index in [1.807, 2.05) is 17.5 Å². The number of aromatic nitrogens is 3. The molecule has 0 unspecified atom stereocenters. The molecule has 128 valence electrons. The summed E-state index contributed by atoms with van der Waals surface area (Å²) >= 11 is 6.83. The maximum absolute atomic E-state index is 12.4. The topological polar surface area (TPSA) is 94.9 Å². The van der Waals surface area contributed by atoms with Gasteiger partial charge in [-0.05, 0) is 36.7 Å². The Hall–Kier alpha value is -2.78. The van der Waals surface area contributed by atoms with Crippen molar-refractivity contribution in [2.45, 2.75) is 13.5 Å². The zero-order chi connectivity index (χ0) is 18.0. The van der Waals surface area contributed by atoms with Gasteiger partial charge in [-0.2, -0.15) is 4.68 Å². The average molecular weight is 373 g/mol. The zero-order valence-electron chi connectivity index (χ0n) is 13.3. The predicted molar refractivity (Wildman–Crippen MR) is 99.6 cm³/mol. The van der Waals surface area contributed by atoms with E-state index < -0.39 is 0 Å². The van der Waals surface area contributed by atoms with Gasteiger partial charge in [0.25, 0.3) is 0 Å². The van der Waals surface area contributed by atoms with Crippen LogP contribution >= 0.6 is 23.6 Å². The van der Waals surface area contributed by atoms with Gasteiger partial charge in [0.2, 0.25) is 10.7 Å². The monoisotopic (exact) mass is 373 g/mol. The van der Waals surface area contributed by atoms with Crippen LogP contribution in [0.5, 0.6) is 0 Å². The Morgan fingerprint density at radius 1 is 1.24 bits per heavy atom. The first-order valence-electron chi connectivity index (χ1n) is 7.36. The summed E-state index contributed by atoms with van der Waals surface area (Å²) in [4.78, 5) is 23.7. The van der Waals surface area contributed by atoms with Crippen molar-refractivity contribution in [1.29, 1.82) is 0 Å². The number of carbonyl (C=O) groups excluding carboxylic acids is 2. The van der Waals surface area contributed by atoms with Crippen molar-refractivity contribution < 1.29 is 9.59 Å². The van der Waals surface area contributed by atoms with Crippen LogP contribution in [-0.2, 0) is 6.54 Å². The number of rotatable bonds is 6. The van der Waals surface area contributed by atoms with Gasteiger partial charge in [-0.3, -0.25) is 15.0 Å². The van der Waals surface area contributed by atoms with Crippen molar-refractivity contribution in [3.8, 4) is 0 Å². The Bertz CT molecular complexity index is 971. The van der Waals surface area contributed by atoms with Gasteiger partial charge in [0, 0.05) is 11.1 Å². The molecule has 0 saturated heterocycles. The van der Waals surface area contributed by atoms with Crippen LogP contribution in [0.1, 0.15) is 27.6 Å². The maximum atomic E-state index is 12.4. The normalized spacial score (nSPS) is 10.6. The van der Waals surface area contributed by atoms with Gasteiger partial charge in [-0.15, -0.1) is 16.4 Å². The van der Waals surface area contributed by atoms with Crippen molar-refractivity contribution in [3.05, 3.63) is 57.7 Å². The predicted octanol–water partition coefficient (Wildman–Crippen LogP) is 3.02. The van der Waals surface area contributed by atoms with E-state index in [9.17, 15) is 9.59 Å². The van der Waals surface area contributed by atoms with Crippen LogP contribution < -0.4 is 11.2 Å². The van der Waals surface area contributed by atoms with Crippen molar-refractivity contribution >= 4 is 46.1 Å². The first kappa shape index (κ1) is 17.1. The lowest BCUT2D eigenvalue weighted by molar-refractivity contribution is 0.0964. The second-order valence-electron chi connectivity index (χ2n) is 5.28. The summed E-state index contributed by atoms with van der Waals surface area (Å²) in [6.45, 7) is 1.44. The number of nitrogens with zero attached hydrogens (tertiary/aromatic N) is 3. The molecule has 2 heterocycles. The van der Waals surface area contributed by atoms with Crippen molar-refractivity contribution in [2.75, 3.05) is 11.2 Å². The van der Waals surface area contributed by atoms with Crippen LogP contribution in [0.2, 0.25) is 0 Å². The van der Waals surface area contributed by atoms with Crippen molar-refractivity contribution in [1.82, 2.24) is 14.5 Å². The van der Waals surface area contributed by atoms with Crippen LogP contribution in [0.4, 0.5) is 10.9 Å². The van der Waals surface area contributed by atoms with E-state index in [-0.39, 0.29) is 24.1 Å². The molecule has 0 spiro atoms. The van der Waals surface area contributed by atoms with Gasteiger partial charge in [-0.1, -0.05) is 24.3 Å². The number of carbonyl (C=O) groups is 2. The summed E-state index contributed by atoms with van der Waals surface area (Å²) in [6, 6.07) is 10.3. The number of ketones is 2. The molecule has 2 aromatic heterocycles. The first-order chi connectivity index (χ1) is 12.0. The number of Topliss-reactive ketones (excluding diaryl/α,β-unsaturated/α-hetero) is 2. The van der Waals surface area contributed by atoms with Gasteiger partial charge in [0.15, 0.2) is 11.6 Å². The van der Waals surface area contributed by atoms with Crippen LogP contribution in [-0.4, -0.2) is 26.0 Å². The van der Waals surface area contributed by atoms with Crippen molar-refractivity contribution in [3.63, 3.8) is 0 Å². The number of hydrogen-bond acceptors (Lipinski definition) is 7. The third-order valence-corrected chi connectivity index (χ3v) is 4.68. The third kappa shape index (κ3) is 3.67. The minimum absolute atomic E-state index is 0.0401. The fourth-order valence-corrected chi connectivity index (χ4v) is 3.05. The zero-order valence-corrected chi connectivity index (χ0v) is 14.9. The standard InChI is InChI=1S/C16H15N5O2S2/c1-10(22)11-4-6-12(7-5-11)13(23)9-20-16(24)21(15(17)19-20)18-14-3-2-8-25-14/h2-8,18H,9H2,1H3,(H2,17,19). The molecule has 3 N–H and O–H groups in total. The Labute approximate surface area is 152 Å². The highest BCUT2D eigenvalue weighted by molar-refractivity contribution is 7.71. The number of nitrogens with two attached hydrogens (primary N) is 1. The Morgan fingerprint density at radius 2 is 1.92 bits per heavy atom. The molecule has 0 aliphatic rings. The lowest BCUT2D eigenvalue weighted by atomic mass is 10.1. The summed E-state index contributed by atoms with van der Waals surface area (Å²) in [6.07, 6.45) is 0. The molecule has 3 rings (SSSR count). The highest BCUT2D eigenvalue weighted by atomic mass is 32.1. The molecule has 0 bridgehead atoms. The van der Waals surface area contributed by atoms with Gasteiger partial charge >= 0.3 is 0 Å². The molecular formula is C16H15N5O2S2. The number of anilines is 2. The summed E-state index contributed by atoms with van der Waals surface area (Å²) in [5, 5.41) is 6.89. The van der Waals surface area contributed by atoms with E-state index in [0.717, 1.165) is 5.00 Å². The number of nitrogens with one attached hydrogen (secondary N) is 1. The minimum atomic E-state index is -0.174. The summed E-state index contributed by atoms with van der Waals surface area (Å²) in [5.41, 5.74) is 9.97. The van der Waals surface area contributed by atoms with Gasteiger partial charge in [0.05, 0.1) is 0 Å². The molecule has 25 heavy (non-hydrogen) atoms. The lowest BCUT2D eigenvalue weighted by Crippen LogP contribution is -2.14. The number of thiophene rings is 1. The number of hydrogen-bond donors (Lipinski definition) is 2. The fraction of sp³-hybridized carbons (Fsp3) is 0.125. The van der Waals surface area contributed by atoms with E-state index >= 15 is 0 Å². The van der Waals surface area contributed by atoms with Crippen LogP contribution in [0.15, 0.2) is 41.8 Å². The van der Waals surface area contributed by atoms with Gasteiger partial charge in [-0.25, -0.2) is 4.68 Å². The van der Waals surface area contributed by atoms with Gasteiger partial charge in [0.1, 0.15) is 11.5 Å². The summed E-state index contributed by atoms with van der Waals surface area (Å²) in [7, 11) is 0. The fourth-order valence-electron chi connectivity index (χ4n) is 2.20. The van der Waals surface area contributed by atoms with Crippen LogP contribution in [0, 0.1) is 4.77 Å². The van der Waals surface area contributed by atoms with E-state index in [2.05, 4.69) is 10.5 Å². The van der Waals surface area contributed by atoms with E-state index in [4.69, 9.17) is 18.0 Å². The molecular weight excluding hydrogens is 358 g/mol. The second kappa shape index (κ2) is 6.99. The largest absolute Gasteiger partial charge is 0.366 e. The first-order valence-corrected chi connectivity index (χ1v) is 8.64. The smallest absolute Gasteiger partial charge is 0.240 e. The quantitative estimate of drug-likeness (QED) is 0.509. The van der Waals surface area contributed by atoms with E-state index in [0.29, 0.717) is 15.9 Å². The van der Waals surface area contributed by atoms with Crippen molar-refractivity contribution in [2.24, 2.45) is 0 Å². The maximum Gasteiger partial charge on any atom is 0.240 e. The Morgan fingerprint density at radius 3 is 2.52 bits per heavy atom. The van der Waals surface area contributed by atoms with Gasteiger partial charge < -0.3 is 5.73 Å². The minimum Gasteiger partial charge on any atom is -0.366 e. The summed E-state index contributed by atoms with van der Waals surface area (Å²) in [5.74, 6) is -0.0579. The summed E-state index contributed by atoms with van der Waals surface area (Å²) < 4.78 is 3.11. The van der Waals surface area contributed by atoms with E-state index in [1.165, 1.54) is 27.6 Å². The molecule has 0 aliphatic heterocycles. The highest BCUT2D eigenvalue weighted by Gasteiger charge is 2.13. The van der Waals surface area contributed by atoms with Crippen LogP contribution in [0.3, 0.4) is 0 Å². The number of nitrogen functional groups attached to an aromatic ring is 1. The molecule has 0 aliphatic carbocycles. The second-order valence-corrected chi connectivity index (χ2v) is 6.59. The molecule has 0 radical (unpaired) electrons. The SMILES string of the molecule is CC(=O)c1ccc(C(=O)Cn2nc(N)n(Nc3cccs3)c2=S)cc1. The van der Waals surface area contributed by atoms with Crippen LogP contribution in [0.25, 0.3) is 0 Å². The molecule has 3 aromatic rings. The molecule has 0 saturated carbocycles. The molecule has 0 atom stereocenters.